The zero-order chi connectivity index (χ0) is 14.5. The van der Waals surface area contributed by atoms with E-state index in [2.05, 4.69) is 17.4 Å². The number of hydrogen-bond acceptors (Lipinski definition) is 3. The average Bonchev–Trinajstić information content (AvgIpc) is 3.37. The molecule has 0 aliphatic heterocycles. The van der Waals surface area contributed by atoms with Gasteiger partial charge in [0, 0.05) is 12.6 Å². The second-order valence-electron chi connectivity index (χ2n) is 6.34. The Balaban J connectivity index is 1.63. The molecule has 2 aliphatic carbocycles. The van der Waals surface area contributed by atoms with Crippen LogP contribution in [0, 0.1) is 0 Å². The molecule has 1 atom stereocenters. The Morgan fingerprint density at radius 1 is 1.05 bits per heavy atom. The molecule has 0 spiro atoms. The van der Waals surface area contributed by atoms with Crippen LogP contribution in [0.4, 0.5) is 0 Å². The summed E-state index contributed by atoms with van der Waals surface area (Å²) in [5, 5.41) is 3.62. The van der Waals surface area contributed by atoms with E-state index in [9.17, 15) is 0 Å². The molecule has 1 N–H and O–H groups in total. The van der Waals surface area contributed by atoms with E-state index in [-0.39, 0.29) is 6.10 Å². The summed E-state index contributed by atoms with van der Waals surface area (Å²) in [7, 11) is 1.71. The minimum absolute atomic E-state index is 0.166. The normalized spacial score (nSPS) is 21.2. The van der Waals surface area contributed by atoms with Crippen molar-refractivity contribution in [1.82, 2.24) is 5.32 Å². The van der Waals surface area contributed by atoms with E-state index < -0.39 is 0 Å². The van der Waals surface area contributed by atoms with Crippen molar-refractivity contribution in [3.05, 3.63) is 29.8 Å². The molecule has 0 aromatic heterocycles. The minimum atomic E-state index is 0.166. The van der Waals surface area contributed by atoms with Crippen molar-refractivity contribution in [3.63, 3.8) is 0 Å². The molecular formula is C18H27NO2. The monoisotopic (exact) mass is 289 g/mol. The highest BCUT2D eigenvalue weighted by atomic mass is 16.5. The highest BCUT2D eigenvalue weighted by Crippen LogP contribution is 2.29. The van der Waals surface area contributed by atoms with Crippen molar-refractivity contribution < 1.29 is 9.47 Å². The number of rotatable bonds is 7. The van der Waals surface area contributed by atoms with E-state index in [1.807, 2.05) is 12.1 Å². The molecule has 0 heterocycles. The zero-order valence-corrected chi connectivity index (χ0v) is 13.0. The summed E-state index contributed by atoms with van der Waals surface area (Å²) in [4.78, 5) is 0. The fourth-order valence-corrected chi connectivity index (χ4v) is 3.06. The Labute approximate surface area is 128 Å². The van der Waals surface area contributed by atoms with Gasteiger partial charge in [-0.1, -0.05) is 31.4 Å². The fourth-order valence-electron chi connectivity index (χ4n) is 3.06. The molecule has 21 heavy (non-hydrogen) atoms. The van der Waals surface area contributed by atoms with E-state index >= 15 is 0 Å². The smallest absolute Gasteiger partial charge is 0.118 e. The minimum Gasteiger partial charge on any atom is -0.497 e. The lowest BCUT2D eigenvalue weighted by molar-refractivity contribution is -0.0307. The molecule has 116 valence electrons. The van der Waals surface area contributed by atoms with Crippen LogP contribution in [0.25, 0.3) is 0 Å². The summed E-state index contributed by atoms with van der Waals surface area (Å²) >= 11 is 0. The second kappa shape index (κ2) is 7.28. The molecule has 3 nitrogen and oxygen atoms in total. The standard InChI is InChI=1S/C18H27NO2/c1-20-16-11-7-14(8-12-16)18(13-19-15-9-10-15)21-17-5-3-2-4-6-17/h7-8,11-12,15,17-19H,2-6,9-10,13H2,1H3. The highest BCUT2D eigenvalue weighted by Gasteiger charge is 2.25. The SMILES string of the molecule is COc1ccc(C(CNC2CC2)OC2CCCCC2)cc1. The third kappa shape index (κ3) is 4.45. The lowest BCUT2D eigenvalue weighted by atomic mass is 9.97. The molecule has 1 aromatic rings. The molecule has 0 saturated heterocycles. The van der Waals surface area contributed by atoms with Crippen molar-refractivity contribution in [1.29, 1.82) is 0 Å². The molecular weight excluding hydrogens is 262 g/mol. The van der Waals surface area contributed by atoms with Crippen LogP contribution in [-0.2, 0) is 4.74 Å². The third-order valence-electron chi connectivity index (χ3n) is 4.57. The van der Waals surface area contributed by atoms with Crippen LogP contribution in [0.5, 0.6) is 5.75 Å². The Kier molecular flexibility index (Phi) is 5.15. The van der Waals surface area contributed by atoms with Gasteiger partial charge < -0.3 is 14.8 Å². The van der Waals surface area contributed by atoms with Crippen LogP contribution in [0.15, 0.2) is 24.3 Å². The molecule has 0 bridgehead atoms. The molecule has 3 rings (SSSR count). The second-order valence-corrected chi connectivity index (χ2v) is 6.34. The third-order valence-corrected chi connectivity index (χ3v) is 4.57. The van der Waals surface area contributed by atoms with Gasteiger partial charge in [-0.25, -0.2) is 0 Å². The molecule has 2 fully saturated rings. The van der Waals surface area contributed by atoms with Gasteiger partial charge in [-0.2, -0.15) is 0 Å². The largest absolute Gasteiger partial charge is 0.497 e. The number of ether oxygens (including phenoxy) is 2. The summed E-state index contributed by atoms with van der Waals surface area (Å²) in [5.41, 5.74) is 1.26. The Morgan fingerprint density at radius 2 is 1.76 bits per heavy atom. The number of nitrogens with one attached hydrogen (secondary N) is 1. The quantitative estimate of drug-likeness (QED) is 0.827. The first-order chi connectivity index (χ1) is 10.3. The van der Waals surface area contributed by atoms with Gasteiger partial charge >= 0.3 is 0 Å². The summed E-state index contributed by atoms with van der Waals surface area (Å²) in [6.45, 7) is 0.924. The van der Waals surface area contributed by atoms with Crippen molar-refractivity contribution in [3.8, 4) is 5.75 Å². The fraction of sp³-hybridized carbons (Fsp3) is 0.667. The van der Waals surface area contributed by atoms with E-state index in [0.717, 1.165) is 18.3 Å². The summed E-state index contributed by atoms with van der Waals surface area (Å²) in [6, 6.07) is 9.07. The first-order valence-corrected chi connectivity index (χ1v) is 8.38. The van der Waals surface area contributed by atoms with Crippen molar-refractivity contribution >= 4 is 0 Å². The number of methoxy groups -OCH3 is 1. The van der Waals surface area contributed by atoms with Gasteiger partial charge in [0.1, 0.15) is 5.75 Å². The van der Waals surface area contributed by atoms with Gasteiger partial charge in [-0.3, -0.25) is 0 Å². The van der Waals surface area contributed by atoms with Crippen LogP contribution in [0.1, 0.15) is 56.6 Å². The molecule has 1 aromatic carbocycles. The van der Waals surface area contributed by atoms with Gasteiger partial charge in [-0.15, -0.1) is 0 Å². The maximum absolute atomic E-state index is 6.43. The van der Waals surface area contributed by atoms with Crippen molar-refractivity contribution in [2.75, 3.05) is 13.7 Å². The van der Waals surface area contributed by atoms with Crippen molar-refractivity contribution in [2.24, 2.45) is 0 Å². The van der Waals surface area contributed by atoms with Crippen LogP contribution in [0.3, 0.4) is 0 Å². The van der Waals surface area contributed by atoms with Gasteiger partial charge in [0.05, 0.1) is 19.3 Å². The Morgan fingerprint density at radius 3 is 2.38 bits per heavy atom. The van der Waals surface area contributed by atoms with Gasteiger partial charge in [-0.05, 0) is 43.4 Å². The summed E-state index contributed by atoms with van der Waals surface area (Å²) in [5.74, 6) is 0.908. The van der Waals surface area contributed by atoms with E-state index in [1.165, 1.54) is 50.5 Å². The molecule has 0 radical (unpaired) electrons. The first kappa shape index (κ1) is 14.9. The molecule has 0 amide bonds. The topological polar surface area (TPSA) is 30.5 Å². The Hall–Kier alpha value is -1.06. The maximum Gasteiger partial charge on any atom is 0.118 e. The lowest BCUT2D eigenvalue weighted by Crippen LogP contribution is -2.29. The Bertz CT molecular complexity index is 421. The zero-order valence-electron chi connectivity index (χ0n) is 13.0. The van der Waals surface area contributed by atoms with Crippen molar-refractivity contribution in [2.45, 2.75) is 63.2 Å². The molecule has 1 unspecified atom stereocenters. The summed E-state index contributed by atoms with van der Waals surface area (Å²) < 4.78 is 11.7. The van der Waals surface area contributed by atoms with Gasteiger partial charge in [0.25, 0.3) is 0 Å². The van der Waals surface area contributed by atoms with E-state index in [1.54, 1.807) is 7.11 Å². The maximum atomic E-state index is 6.43. The van der Waals surface area contributed by atoms with Crippen LogP contribution >= 0.6 is 0 Å². The summed E-state index contributed by atoms with van der Waals surface area (Å²) in [6.07, 6.45) is 9.68. The first-order valence-electron chi connectivity index (χ1n) is 8.38. The number of benzene rings is 1. The van der Waals surface area contributed by atoms with Crippen LogP contribution in [-0.4, -0.2) is 25.8 Å². The average molecular weight is 289 g/mol. The predicted octanol–water partition coefficient (Wildman–Crippen LogP) is 3.84. The van der Waals surface area contributed by atoms with Crippen LogP contribution in [0.2, 0.25) is 0 Å². The molecule has 2 aliphatic rings. The van der Waals surface area contributed by atoms with Gasteiger partial charge in [0.15, 0.2) is 0 Å². The number of hydrogen-bond donors (Lipinski definition) is 1. The van der Waals surface area contributed by atoms with Gasteiger partial charge in [0.2, 0.25) is 0 Å². The van der Waals surface area contributed by atoms with E-state index in [0.29, 0.717) is 6.10 Å². The molecule has 2 saturated carbocycles. The highest BCUT2D eigenvalue weighted by molar-refractivity contribution is 5.28. The van der Waals surface area contributed by atoms with Crippen LogP contribution < -0.4 is 10.1 Å². The van der Waals surface area contributed by atoms with E-state index in [4.69, 9.17) is 9.47 Å². The molecule has 3 heteroatoms. The lowest BCUT2D eigenvalue weighted by Gasteiger charge is -2.28. The predicted molar refractivity (Wildman–Crippen MR) is 84.7 cm³/mol.